The fourth-order valence-corrected chi connectivity index (χ4v) is 1.58. The van der Waals surface area contributed by atoms with Crippen LogP contribution in [0.3, 0.4) is 0 Å². The highest BCUT2D eigenvalue weighted by Crippen LogP contribution is 2.08. The van der Waals surface area contributed by atoms with Crippen molar-refractivity contribution in [2.75, 3.05) is 0 Å². The van der Waals surface area contributed by atoms with Gasteiger partial charge >= 0.3 is 0 Å². The Bertz CT molecular complexity index is 745. The molecule has 0 radical (unpaired) electrons. The first-order valence-corrected chi connectivity index (χ1v) is 6.17. The first-order valence-electron chi connectivity index (χ1n) is 6.17. The molecule has 0 saturated carbocycles. The van der Waals surface area contributed by atoms with Crippen LogP contribution in [0.1, 0.15) is 5.69 Å². The highest BCUT2D eigenvalue weighted by atomic mass is 14.7. The summed E-state index contributed by atoms with van der Waals surface area (Å²) in [6, 6.07) is 20.8. The molecular formula is C17H13N3. The Kier molecular flexibility index (Phi) is 5.00. The molecule has 2 aromatic rings. The first-order chi connectivity index (χ1) is 9.90. The lowest BCUT2D eigenvalue weighted by Crippen LogP contribution is -1.75. The van der Waals surface area contributed by atoms with Gasteiger partial charge in [0, 0.05) is 18.6 Å². The molecule has 0 atom stereocenters. The van der Waals surface area contributed by atoms with Crippen molar-refractivity contribution in [2.24, 2.45) is 0 Å². The van der Waals surface area contributed by atoms with E-state index in [-0.39, 0.29) is 0 Å². The van der Waals surface area contributed by atoms with Gasteiger partial charge in [-0.15, -0.1) is 0 Å². The number of aromatic nitrogens is 2. The third-order valence-corrected chi connectivity index (χ3v) is 2.55. The van der Waals surface area contributed by atoms with Crippen molar-refractivity contribution in [3.8, 4) is 6.07 Å². The summed E-state index contributed by atoms with van der Waals surface area (Å²) in [7, 11) is 0. The molecule has 0 amide bonds. The van der Waals surface area contributed by atoms with Gasteiger partial charge in [0.05, 0.1) is 0 Å². The highest BCUT2D eigenvalue weighted by Gasteiger charge is 1.86. The van der Waals surface area contributed by atoms with Gasteiger partial charge < -0.3 is 0 Å². The van der Waals surface area contributed by atoms with Gasteiger partial charge in [0.1, 0.15) is 11.8 Å². The van der Waals surface area contributed by atoms with Crippen LogP contribution in [0, 0.1) is 11.3 Å². The van der Waals surface area contributed by atoms with E-state index in [1.165, 1.54) is 0 Å². The standard InChI is InChI=1S/C17H13N3/c18-13-17-10-4-6-12-19-11-5-3-8-15-7-1-2-9-16(15)14-20-17/h1-12,14H. The van der Waals surface area contributed by atoms with Crippen LogP contribution in [0.2, 0.25) is 0 Å². The maximum atomic E-state index is 9.02. The Morgan fingerprint density at radius 3 is 2.05 bits per heavy atom. The van der Waals surface area contributed by atoms with Gasteiger partial charge in [-0.05, 0) is 29.0 Å². The SMILES string of the molecule is N#Cc1ccccnccccc2ccccc2cn1. The Hall–Kier alpha value is -2.99. The molecule has 96 valence electrons. The van der Waals surface area contributed by atoms with Gasteiger partial charge in [-0.2, -0.15) is 5.26 Å². The predicted molar refractivity (Wildman–Crippen MR) is 79.5 cm³/mol. The molecule has 0 N–H and O–H groups in total. The van der Waals surface area contributed by atoms with E-state index in [4.69, 9.17) is 5.26 Å². The van der Waals surface area contributed by atoms with E-state index in [0.29, 0.717) is 5.69 Å². The normalized spacial score (nSPS) is 8.95. The Balaban J connectivity index is 2.73. The summed E-state index contributed by atoms with van der Waals surface area (Å²) in [5.41, 5.74) is 0.348. The van der Waals surface area contributed by atoms with Crippen LogP contribution in [0.15, 0.2) is 79.3 Å². The maximum Gasteiger partial charge on any atom is 0.140 e. The average Bonchev–Trinajstić information content (AvgIpc) is 2.49. The van der Waals surface area contributed by atoms with E-state index < -0.39 is 0 Å². The van der Waals surface area contributed by atoms with Crippen molar-refractivity contribution < 1.29 is 0 Å². The zero-order valence-corrected chi connectivity index (χ0v) is 10.8. The van der Waals surface area contributed by atoms with E-state index in [2.05, 4.69) is 16.0 Å². The van der Waals surface area contributed by atoms with Gasteiger partial charge in [0.2, 0.25) is 0 Å². The third kappa shape index (κ3) is 4.04. The number of rotatable bonds is 0. The lowest BCUT2D eigenvalue weighted by atomic mass is 10.2. The second kappa shape index (κ2) is 7.45. The minimum absolute atomic E-state index is 0.348. The number of benzene rings is 1. The lowest BCUT2D eigenvalue weighted by molar-refractivity contribution is 1.29. The maximum absolute atomic E-state index is 9.02. The second-order valence-corrected chi connectivity index (χ2v) is 3.93. The number of nitriles is 1. The smallest absolute Gasteiger partial charge is 0.140 e. The summed E-state index contributed by atoms with van der Waals surface area (Å²) in [6.07, 6.45) is 5.06. The Morgan fingerprint density at radius 2 is 1.35 bits per heavy atom. The summed E-state index contributed by atoms with van der Waals surface area (Å²) in [4.78, 5) is 8.27. The quantitative estimate of drug-likeness (QED) is 0.724. The molecule has 1 heterocycles. The minimum Gasteiger partial charge on any atom is -0.265 e. The number of hydrogen-bond acceptors (Lipinski definition) is 3. The topological polar surface area (TPSA) is 49.6 Å². The summed E-state index contributed by atoms with van der Waals surface area (Å²) in [5.74, 6) is 0. The summed E-state index contributed by atoms with van der Waals surface area (Å²) in [6.45, 7) is 0. The number of hydrogen-bond donors (Lipinski definition) is 0. The van der Waals surface area contributed by atoms with Crippen molar-refractivity contribution >= 4 is 10.8 Å². The third-order valence-electron chi connectivity index (χ3n) is 2.55. The highest BCUT2D eigenvalue weighted by molar-refractivity contribution is 5.80. The summed E-state index contributed by atoms with van der Waals surface area (Å²) in [5, 5.41) is 11.0. The Morgan fingerprint density at radius 1 is 0.750 bits per heavy atom. The van der Waals surface area contributed by atoms with Gasteiger partial charge in [-0.25, -0.2) is 4.98 Å². The molecule has 0 saturated heterocycles. The predicted octanol–water partition coefficient (Wildman–Crippen LogP) is 3.75. The van der Waals surface area contributed by atoms with E-state index in [0.717, 1.165) is 10.8 Å². The molecule has 3 heteroatoms. The fourth-order valence-electron chi connectivity index (χ4n) is 1.58. The minimum atomic E-state index is 0.348. The first kappa shape index (κ1) is 13.4. The van der Waals surface area contributed by atoms with E-state index in [1.54, 1.807) is 36.8 Å². The van der Waals surface area contributed by atoms with Crippen LogP contribution in [0.5, 0.6) is 0 Å². The molecule has 3 nitrogen and oxygen atoms in total. The van der Waals surface area contributed by atoms with Crippen LogP contribution >= 0.6 is 0 Å². The second-order valence-electron chi connectivity index (χ2n) is 3.93. The molecule has 0 aliphatic heterocycles. The monoisotopic (exact) mass is 259 g/mol. The van der Waals surface area contributed by atoms with Gasteiger partial charge in [-0.3, -0.25) is 4.98 Å². The molecule has 1 aromatic carbocycles. The molecule has 2 rings (SSSR count). The summed E-state index contributed by atoms with van der Waals surface area (Å²) < 4.78 is 0. The van der Waals surface area contributed by atoms with Crippen molar-refractivity contribution in [3.05, 3.63) is 84.9 Å². The Labute approximate surface area is 117 Å². The van der Waals surface area contributed by atoms with E-state index in [9.17, 15) is 0 Å². The van der Waals surface area contributed by atoms with Crippen LogP contribution in [0.25, 0.3) is 10.8 Å². The number of fused-ring (bicyclic) bond motifs is 1. The molecular weight excluding hydrogens is 246 g/mol. The van der Waals surface area contributed by atoms with Crippen LogP contribution in [-0.4, -0.2) is 9.97 Å². The van der Waals surface area contributed by atoms with Crippen LogP contribution in [0.4, 0.5) is 0 Å². The fraction of sp³-hybridized carbons (Fsp3) is 0. The molecule has 0 unspecified atom stereocenters. The molecule has 0 aliphatic rings. The average molecular weight is 259 g/mol. The van der Waals surface area contributed by atoms with Gasteiger partial charge in [0.15, 0.2) is 0 Å². The molecule has 0 spiro atoms. The van der Waals surface area contributed by atoms with Crippen molar-refractivity contribution in [1.29, 1.82) is 5.26 Å². The van der Waals surface area contributed by atoms with Gasteiger partial charge in [0.25, 0.3) is 0 Å². The van der Waals surface area contributed by atoms with Crippen molar-refractivity contribution in [1.82, 2.24) is 9.97 Å². The zero-order chi connectivity index (χ0) is 14.0. The van der Waals surface area contributed by atoms with Crippen LogP contribution in [-0.2, 0) is 0 Å². The van der Waals surface area contributed by atoms with E-state index in [1.807, 2.05) is 42.5 Å². The molecule has 0 fully saturated rings. The number of nitrogens with zero attached hydrogens (tertiary/aromatic N) is 3. The molecule has 0 bridgehead atoms. The van der Waals surface area contributed by atoms with E-state index >= 15 is 0 Å². The summed E-state index contributed by atoms with van der Waals surface area (Å²) >= 11 is 0. The zero-order valence-electron chi connectivity index (χ0n) is 10.8. The molecule has 20 heavy (non-hydrogen) atoms. The molecule has 1 aromatic heterocycles. The van der Waals surface area contributed by atoms with Gasteiger partial charge in [-0.1, -0.05) is 42.5 Å². The largest absolute Gasteiger partial charge is 0.265 e. The van der Waals surface area contributed by atoms with Crippen LogP contribution < -0.4 is 0 Å². The molecule has 0 aliphatic carbocycles. The van der Waals surface area contributed by atoms with Crippen molar-refractivity contribution in [3.63, 3.8) is 0 Å². The lowest BCUT2D eigenvalue weighted by Gasteiger charge is -1.90. The van der Waals surface area contributed by atoms with Crippen molar-refractivity contribution in [2.45, 2.75) is 0 Å².